The highest BCUT2D eigenvalue weighted by Gasteiger charge is 2.36. The molecule has 1 aromatic heterocycles. The number of carbonyl (C=O) groups is 2. The smallest absolute Gasteiger partial charge is 0.325 e. The molecule has 0 aromatic carbocycles. The zero-order valence-electron chi connectivity index (χ0n) is 12.4. The van der Waals surface area contributed by atoms with E-state index in [1.807, 2.05) is 0 Å². The number of carbonyl (C=O) groups excluding carboxylic acids is 2. The molecule has 1 rings (SSSR count). The van der Waals surface area contributed by atoms with Gasteiger partial charge in [-0.3, -0.25) is 14.6 Å². The van der Waals surface area contributed by atoms with Gasteiger partial charge in [-0.15, -0.1) is 0 Å². The number of hydrogen-bond donors (Lipinski definition) is 1. The molecule has 110 valence electrons. The predicted octanol–water partition coefficient (Wildman–Crippen LogP) is 1.57. The Kier molecular flexibility index (Phi) is 4.70. The summed E-state index contributed by atoms with van der Waals surface area (Å²) < 4.78 is 9.97. The number of hydrogen-bond acceptors (Lipinski definition) is 6. The van der Waals surface area contributed by atoms with Crippen LogP contribution < -0.4 is 5.73 Å². The molecule has 0 saturated heterocycles. The number of ether oxygens (including phenoxy) is 2. The maximum Gasteiger partial charge on any atom is 0.325 e. The summed E-state index contributed by atoms with van der Waals surface area (Å²) in [6.45, 7) is 6.89. The number of methoxy groups -OCH3 is 1. The van der Waals surface area contributed by atoms with Crippen molar-refractivity contribution in [1.82, 2.24) is 4.98 Å². The molecule has 2 N–H and O–H groups in total. The first-order valence-electron chi connectivity index (χ1n) is 6.18. The molecule has 20 heavy (non-hydrogen) atoms. The van der Waals surface area contributed by atoms with Crippen molar-refractivity contribution in [1.29, 1.82) is 0 Å². The van der Waals surface area contributed by atoms with Gasteiger partial charge in [0.2, 0.25) is 0 Å². The van der Waals surface area contributed by atoms with Crippen LogP contribution in [0.5, 0.6) is 0 Å². The van der Waals surface area contributed by atoms with Gasteiger partial charge >= 0.3 is 11.9 Å². The van der Waals surface area contributed by atoms with Gasteiger partial charge in [0.05, 0.1) is 19.0 Å². The molecule has 0 aliphatic rings. The van der Waals surface area contributed by atoms with Crippen molar-refractivity contribution >= 4 is 17.6 Å². The summed E-state index contributed by atoms with van der Waals surface area (Å²) in [7, 11) is 1.21. The van der Waals surface area contributed by atoms with E-state index in [1.54, 1.807) is 27.7 Å². The topological polar surface area (TPSA) is 91.5 Å². The molecule has 0 aliphatic carbocycles. The van der Waals surface area contributed by atoms with Crippen LogP contribution in [-0.2, 0) is 19.1 Å². The molecule has 0 saturated carbocycles. The molecule has 1 aromatic rings. The summed E-state index contributed by atoms with van der Waals surface area (Å²) >= 11 is 0. The second kappa shape index (κ2) is 5.90. The average molecular weight is 280 g/mol. The van der Waals surface area contributed by atoms with Crippen molar-refractivity contribution < 1.29 is 19.1 Å². The number of nitrogen functional groups attached to an aromatic ring is 1. The van der Waals surface area contributed by atoms with Crippen LogP contribution in [0.2, 0.25) is 0 Å². The predicted molar refractivity (Wildman–Crippen MR) is 74.0 cm³/mol. The lowest BCUT2D eigenvalue weighted by molar-refractivity contribution is -0.163. The molecule has 1 heterocycles. The van der Waals surface area contributed by atoms with Crippen LogP contribution in [0.15, 0.2) is 12.4 Å². The highest BCUT2D eigenvalue weighted by molar-refractivity contribution is 6.02. The SMILES string of the molecule is COC(=O)C(C(=O)OC(C)(C)C)c1c(C)cncc1N. The maximum absolute atomic E-state index is 12.3. The van der Waals surface area contributed by atoms with Crippen molar-refractivity contribution in [3.8, 4) is 0 Å². The Morgan fingerprint density at radius 1 is 1.25 bits per heavy atom. The molecule has 0 amide bonds. The molecule has 6 nitrogen and oxygen atoms in total. The van der Waals surface area contributed by atoms with E-state index in [4.69, 9.17) is 15.2 Å². The zero-order chi connectivity index (χ0) is 15.5. The molecule has 0 spiro atoms. The Hall–Kier alpha value is -2.11. The van der Waals surface area contributed by atoms with Crippen LogP contribution >= 0.6 is 0 Å². The quantitative estimate of drug-likeness (QED) is 0.667. The van der Waals surface area contributed by atoms with Gasteiger partial charge in [0, 0.05) is 11.8 Å². The third-order valence-electron chi connectivity index (χ3n) is 2.59. The molecule has 0 fully saturated rings. The van der Waals surface area contributed by atoms with E-state index in [2.05, 4.69) is 4.98 Å². The summed E-state index contributed by atoms with van der Waals surface area (Å²) in [6, 6.07) is 0. The largest absolute Gasteiger partial charge is 0.468 e. The Labute approximate surface area is 118 Å². The summed E-state index contributed by atoms with van der Waals surface area (Å²) in [5, 5.41) is 0. The molecule has 0 bridgehead atoms. The monoisotopic (exact) mass is 280 g/mol. The molecule has 1 atom stereocenters. The third-order valence-corrected chi connectivity index (χ3v) is 2.59. The van der Waals surface area contributed by atoms with Crippen molar-refractivity contribution in [2.24, 2.45) is 0 Å². The van der Waals surface area contributed by atoms with E-state index in [0.717, 1.165) is 0 Å². The number of esters is 2. The molecule has 0 aliphatic heterocycles. The zero-order valence-corrected chi connectivity index (χ0v) is 12.4. The minimum absolute atomic E-state index is 0.256. The number of pyridine rings is 1. The van der Waals surface area contributed by atoms with E-state index in [-0.39, 0.29) is 5.69 Å². The molecule has 1 unspecified atom stereocenters. The Morgan fingerprint density at radius 2 is 1.85 bits per heavy atom. The summed E-state index contributed by atoms with van der Waals surface area (Å²) in [5.74, 6) is -2.60. The highest BCUT2D eigenvalue weighted by atomic mass is 16.6. The standard InChI is InChI=1S/C14H20N2O4/c1-8-6-16-7-9(15)10(8)11(12(17)19-5)13(18)20-14(2,3)4/h6-7,11H,15H2,1-5H3. The van der Waals surface area contributed by atoms with Crippen LogP contribution in [0.4, 0.5) is 5.69 Å². The van der Waals surface area contributed by atoms with Gasteiger partial charge in [-0.25, -0.2) is 0 Å². The van der Waals surface area contributed by atoms with Crippen LogP contribution in [-0.4, -0.2) is 29.6 Å². The Balaban J connectivity index is 3.27. The van der Waals surface area contributed by atoms with E-state index >= 15 is 0 Å². The fourth-order valence-corrected chi connectivity index (χ4v) is 1.80. The molecular weight excluding hydrogens is 260 g/mol. The van der Waals surface area contributed by atoms with E-state index < -0.39 is 23.5 Å². The van der Waals surface area contributed by atoms with Crippen LogP contribution in [0.3, 0.4) is 0 Å². The van der Waals surface area contributed by atoms with Gasteiger partial charge in [0.1, 0.15) is 5.60 Å². The number of anilines is 1. The first kappa shape index (κ1) is 15.9. The van der Waals surface area contributed by atoms with Gasteiger partial charge in [-0.05, 0) is 33.3 Å². The van der Waals surface area contributed by atoms with Crippen molar-refractivity contribution in [2.45, 2.75) is 39.2 Å². The maximum atomic E-state index is 12.3. The number of nitrogens with zero attached hydrogens (tertiary/aromatic N) is 1. The van der Waals surface area contributed by atoms with Crippen molar-refractivity contribution in [3.05, 3.63) is 23.5 Å². The number of aromatic nitrogens is 1. The van der Waals surface area contributed by atoms with E-state index in [1.165, 1.54) is 19.5 Å². The fourth-order valence-electron chi connectivity index (χ4n) is 1.80. The second-order valence-electron chi connectivity index (χ2n) is 5.45. The van der Waals surface area contributed by atoms with Crippen molar-refractivity contribution in [3.63, 3.8) is 0 Å². The van der Waals surface area contributed by atoms with Crippen LogP contribution in [0, 0.1) is 6.92 Å². The van der Waals surface area contributed by atoms with Crippen molar-refractivity contribution in [2.75, 3.05) is 12.8 Å². The summed E-state index contributed by atoms with van der Waals surface area (Å²) in [6.07, 6.45) is 2.93. The average Bonchev–Trinajstić information content (AvgIpc) is 2.30. The normalized spacial score (nSPS) is 12.7. The number of rotatable bonds is 3. The van der Waals surface area contributed by atoms with Gasteiger partial charge in [0.25, 0.3) is 0 Å². The fraction of sp³-hybridized carbons (Fsp3) is 0.500. The second-order valence-corrected chi connectivity index (χ2v) is 5.45. The number of aryl methyl sites for hydroxylation is 1. The lowest BCUT2D eigenvalue weighted by Crippen LogP contribution is -2.33. The van der Waals surface area contributed by atoms with Gasteiger partial charge < -0.3 is 15.2 Å². The summed E-state index contributed by atoms with van der Waals surface area (Å²) in [4.78, 5) is 28.1. The van der Waals surface area contributed by atoms with Gasteiger partial charge in [-0.1, -0.05) is 0 Å². The minimum Gasteiger partial charge on any atom is -0.468 e. The lowest BCUT2D eigenvalue weighted by atomic mass is 9.94. The Bertz CT molecular complexity index is 500. The van der Waals surface area contributed by atoms with Gasteiger partial charge in [0.15, 0.2) is 5.92 Å². The number of nitrogens with two attached hydrogens (primary N) is 1. The minimum atomic E-state index is -1.21. The highest BCUT2D eigenvalue weighted by Crippen LogP contribution is 2.29. The first-order valence-corrected chi connectivity index (χ1v) is 6.18. The summed E-state index contributed by atoms with van der Waals surface area (Å²) in [5.41, 5.74) is 6.39. The van der Waals surface area contributed by atoms with Gasteiger partial charge in [-0.2, -0.15) is 0 Å². The van der Waals surface area contributed by atoms with E-state index in [9.17, 15) is 9.59 Å². The van der Waals surface area contributed by atoms with Crippen LogP contribution in [0.25, 0.3) is 0 Å². The molecule has 0 radical (unpaired) electrons. The van der Waals surface area contributed by atoms with E-state index in [0.29, 0.717) is 11.1 Å². The third kappa shape index (κ3) is 3.69. The lowest BCUT2D eigenvalue weighted by Gasteiger charge is -2.24. The molecule has 6 heteroatoms. The molecular formula is C14H20N2O4. The van der Waals surface area contributed by atoms with Crippen LogP contribution in [0.1, 0.15) is 37.8 Å². The first-order chi connectivity index (χ1) is 9.17. The Morgan fingerprint density at radius 3 is 2.30 bits per heavy atom.